The van der Waals surface area contributed by atoms with Gasteiger partial charge in [0.05, 0.1) is 11.4 Å². The monoisotopic (exact) mass is 351 g/mol. The first kappa shape index (κ1) is 16.9. The third-order valence-corrected chi connectivity index (χ3v) is 6.38. The molecule has 2 amide bonds. The maximum absolute atomic E-state index is 12.6. The van der Waals surface area contributed by atoms with Crippen LogP contribution in [-0.2, 0) is 19.6 Å². The number of hydrogen-bond acceptors (Lipinski definition) is 4. The average molecular weight is 351 g/mol. The zero-order valence-corrected chi connectivity index (χ0v) is 14.2. The Morgan fingerprint density at radius 3 is 2.25 bits per heavy atom. The van der Waals surface area contributed by atoms with E-state index in [0.29, 0.717) is 26.1 Å². The maximum atomic E-state index is 12.6. The molecular weight excluding hydrogens is 330 g/mol. The Morgan fingerprint density at radius 1 is 1.00 bits per heavy atom. The van der Waals surface area contributed by atoms with Crippen molar-refractivity contribution in [3.63, 3.8) is 0 Å². The fraction of sp³-hybridized carbons (Fsp3) is 0.500. The SMILES string of the molecule is O=C(CN1CCCC1=O)N1CCN(S(=O)(=O)c2ccccc2)CC1. The standard InChI is InChI=1S/C16H21N3O4S/c20-15-7-4-8-18(15)13-16(21)17-9-11-19(12-10-17)24(22,23)14-5-2-1-3-6-14/h1-3,5-6H,4,7-13H2. The molecule has 0 radical (unpaired) electrons. The third kappa shape index (κ3) is 3.44. The predicted molar refractivity (Wildman–Crippen MR) is 87.6 cm³/mol. The minimum Gasteiger partial charge on any atom is -0.339 e. The number of sulfonamides is 1. The first-order valence-corrected chi connectivity index (χ1v) is 9.53. The molecule has 0 spiro atoms. The highest BCUT2D eigenvalue weighted by Crippen LogP contribution is 2.17. The van der Waals surface area contributed by atoms with Crippen LogP contribution in [0.4, 0.5) is 0 Å². The van der Waals surface area contributed by atoms with Crippen molar-refractivity contribution in [2.75, 3.05) is 39.3 Å². The Kier molecular flexibility index (Phi) is 4.86. The van der Waals surface area contributed by atoms with Crippen LogP contribution in [0.1, 0.15) is 12.8 Å². The van der Waals surface area contributed by atoms with E-state index in [1.165, 1.54) is 4.31 Å². The van der Waals surface area contributed by atoms with Crippen molar-refractivity contribution in [3.8, 4) is 0 Å². The fourth-order valence-electron chi connectivity index (χ4n) is 3.05. The summed E-state index contributed by atoms with van der Waals surface area (Å²) in [5.74, 6) is -0.0874. The summed E-state index contributed by atoms with van der Waals surface area (Å²) >= 11 is 0. The lowest BCUT2D eigenvalue weighted by Gasteiger charge is -2.34. The minimum absolute atomic E-state index is 0.0219. The number of benzene rings is 1. The molecule has 2 fully saturated rings. The first-order chi connectivity index (χ1) is 11.5. The van der Waals surface area contributed by atoms with Gasteiger partial charge in [0.15, 0.2) is 0 Å². The van der Waals surface area contributed by atoms with Crippen LogP contribution in [0.25, 0.3) is 0 Å². The van der Waals surface area contributed by atoms with E-state index in [0.717, 1.165) is 6.42 Å². The third-order valence-electron chi connectivity index (χ3n) is 4.47. The second-order valence-corrected chi connectivity index (χ2v) is 7.95. The van der Waals surface area contributed by atoms with Crippen LogP contribution in [0.2, 0.25) is 0 Å². The molecule has 2 heterocycles. The van der Waals surface area contributed by atoms with Crippen molar-refractivity contribution < 1.29 is 18.0 Å². The second kappa shape index (κ2) is 6.90. The van der Waals surface area contributed by atoms with Crippen LogP contribution in [-0.4, -0.2) is 73.6 Å². The number of rotatable bonds is 4. The van der Waals surface area contributed by atoms with Crippen LogP contribution in [0.15, 0.2) is 35.2 Å². The maximum Gasteiger partial charge on any atom is 0.243 e. The molecule has 0 bridgehead atoms. The number of carbonyl (C=O) groups excluding carboxylic acids is 2. The average Bonchev–Trinajstić information content (AvgIpc) is 3.00. The minimum atomic E-state index is -3.51. The Morgan fingerprint density at radius 2 is 1.67 bits per heavy atom. The molecule has 1 aromatic carbocycles. The molecule has 2 aliphatic rings. The van der Waals surface area contributed by atoms with E-state index in [9.17, 15) is 18.0 Å². The molecule has 0 saturated carbocycles. The lowest BCUT2D eigenvalue weighted by molar-refractivity contribution is -0.139. The summed E-state index contributed by atoms with van der Waals surface area (Å²) in [6.45, 7) is 1.99. The molecule has 0 aliphatic carbocycles. The van der Waals surface area contributed by atoms with Crippen LogP contribution in [0.3, 0.4) is 0 Å². The number of carbonyl (C=O) groups is 2. The van der Waals surface area contributed by atoms with Gasteiger partial charge in [-0.3, -0.25) is 9.59 Å². The molecule has 3 rings (SSSR count). The van der Waals surface area contributed by atoms with Crippen molar-refractivity contribution in [3.05, 3.63) is 30.3 Å². The fourth-order valence-corrected chi connectivity index (χ4v) is 4.50. The Bertz CT molecular complexity index is 712. The quantitative estimate of drug-likeness (QED) is 0.773. The first-order valence-electron chi connectivity index (χ1n) is 8.09. The van der Waals surface area contributed by atoms with Crippen molar-refractivity contribution in [2.45, 2.75) is 17.7 Å². The number of amides is 2. The molecule has 0 aromatic heterocycles. The lowest BCUT2D eigenvalue weighted by atomic mass is 10.3. The Labute approximate surface area is 141 Å². The predicted octanol–water partition coefficient (Wildman–Crippen LogP) is 0.142. The van der Waals surface area contributed by atoms with E-state index >= 15 is 0 Å². The Hall–Kier alpha value is -1.93. The van der Waals surface area contributed by atoms with Gasteiger partial charge in [-0.05, 0) is 18.6 Å². The van der Waals surface area contributed by atoms with Gasteiger partial charge in [-0.15, -0.1) is 0 Å². The highest BCUT2D eigenvalue weighted by atomic mass is 32.2. The molecule has 2 saturated heterocycles. The Balaban J connectivity index is 1.57. The number of piperazine rings is 1. The van der Waals surface area contributed by atoms with Crippen molar-refractivity contribution in [1.29, 1.82) is 0 Å². The molecule has 1 aromatic rings. The van der Waals surface area contributed by atoms with Gasteiger partial charge in [-0.2, -0.15) is 4.31 Å². The molecule has 2 aliphatic heterocycles. The van der Waals surface area contributed by atoms with Gasteiger partial charge in [-0.1, -0.05) is 18.2 Å². The van der Waals surface area contributed by atoms with Crippen LogP contribution in [0.5, 0.6) is 0 Å². The van der Waals surface area contributed by atoms with Crippen LogP contribution >= 0.6 is 0 Å². The molecule has 8 heteroatoms. The highest BCUT2D eigenvalue weighted by Gasteiger charge is 2.31. The van der Waals surface area contributed by atoms with Crippen LogP contribution < -0.4 is 0 Å². The van der Waals surface area contributed by atoms with Crippen molar-refractivity contribution in [1.82, 2.24) is 14.1 Å². The van der Waals surface area contributed by atoms with Gasteiger partial charge in [0.25, 0.3) is 0 Å². The van der Waals surface area contributed by atoms with Gasteiger partial charge in [0, 0.05) is 39.1 Å². The number of likely N-dealkylation sites (tertiary alicyclic amines) is 1. The van der Waals surface area contributed by atoms with E-state index in [4.69, 9.17) is 0 Å². The lowest BCUT2D eigenvalue weighted by Crippen LogP contribution is -2.52. The van der Waals surface area contributed by atoms with E-state index < -0.39 is 10.0 Å². The van der Waals surface area contributed by atoms with Gasteiger partial charge in [-0.25, -0.2) is 8.42 Å². The van der Waals surface area contributed by atoms with E-state index in [1.807, 2.05) is 0 Å². The molecular formula is C16H21N3O4S. The largest absolute Gasteiger partial charge is 0.339 e. The van der Waals surface area contributed by atoms with E-state index in [-0.39, 0.29) is 36.3 Å². The molecule has 24 heavy (non-hydrogen) atoms. The zero-order chi connectivity index (χ0) is 17.2. The van der Waals surface area contributed by atoms with Gasteiger partial charge < -0.3 is 9.80 Å². The topological polar surface area (TPSA) is 78.0 Å². The van der Waals surface area contributed by atoms with E-state index in [2.05, 4.69) is 0 Å². The number of nitrogens with zero attached hydrogens (tertiary/aromatic N) is 3. The molecule has 0 N–H and O–H groups in total. The summed E-state index contributed by atoms with van der Waals surface area (Å²) < 4.78 is 26.5. The van der Waals surface area contributed by atoms with Crippen LogP contribution in [0, 0.1) is 0 Å². The van der Waals surface area contributed by atoms with Crippen molar-refractivity contribution >= 4 is 21.8 Å². The summed E-state index contributed by atoms with van der Waals surface area (Å²) in [5, 5.41) is 0. The van der Waals surface area contributed by atoms with Gasteiger partial charge in [0.1, 0.15) is 0 Å². The summed E-state index contributed by atoms with van der Waals surface area (Å²) in [6.07, 6.45) is 1.31. The second-order valence-electron chi connectivity index (χ2n) is 6.02. The normalized spacial score (nSPS) is 19.8. The van der Waals surface area contributed by atoms with Gasteiger partial charge >= 0.3 is 0 Å². The molecule has 130 valence electrons. The van der Waals surface area contributed by atoms with E-state index in [1.54, 1.807) is 40.1 Å². The smallest absolute Gasteiger partial charge is 0.243 e. The summed E-state index contributed by atoms with van der Waals surface area (Å²) in [6, 6.07) is 8.31. The summed E-state index contributed by atoms with van der Waals surface area (Å²) in [5.41, 5.74) is 0. The molecule has 0 unspecified atom stereocenters. The summed E-state index contributed by atoms with van der Waals surface area (Å²) in [7, 11) is -3.51. The van der Waals surface area contributed by atoms with Crippen molar-refractivity contribution in [2.24, 2.45) is 0 Å². The summed E-state index contributed by atoms with van der Waals surface area (Å²) in [4.78, 5) is 27.4. The van der Waals surface area contributed by atoms with Gasteiger partial charge in [0.2, 0.25) is 21.8 Å². The molecule has 7 nitrogen and oxygen atoms in total. The number of hydrogen-bond donors (Lipinski definition) is 0. The molecule has 0 atom stereocenters. The zero-order valence-electron chi connectivity index (χ0n) is 13.4. The highest BCUT2D eigenvalue weighted by molar-refractivity contribution is 7.89.